The summed E-state index contributed by atoms with van der Waals surface area (Å²) in [7, 11) is 5.10. The maximum Gasteiger partial charge on any atom is 0.186 e. The highest BCUT2D eigenvalue weighted by Crippen LogP contribution is 2.36. The van der Waals surface area contributed by atoms with Gasteiger partial charge in [-0.1, -0.05) is 0 Å². The number of nitrogens with zero attached hydrogens (tertiary/aromatic N) is 2. The Morgan fingerprint density at radius 1 is 1.31 bits per heavy atom. The second kappa shape index (κ2) is 4.02. The highest BCUT2D eigenvalue weighted by Gasteiger charge is 2.15. The van der Waals surface area contributed by atoms with Crippen molar-refractivity contribution in [3.63, 3.8) is 0 Å². The molecule has 0 aliphatic rings. The molecule has 2 rings (SSSR count). The fraction of sp³-hybridized carbons (Fsp3) is 0.364. The van der Waals surface area contributed by atoms with Gasteiger partial charge in [-0.15, -0.1) is 0 Å². The molecule has 2 aromatic rings. The van der Waals surface area contributed by atoms with E-state index in [-0.39, 0.29) is 0 Å². The quantitative estimate of drug-likeness (QED) is 0.841. The molecule has 0 bridgehead atoms. The lowest BCUT2D eigenvalue weighted by molar-refractivity contribution is 0.357. The predicted molar refractivity (Wildman–Crippen MR) is 61.7 cm³/mol. The molecule has 1 aromatic heterocycles. The van der Waals surface area contributed by atoms with Gasteiger partial charge < -0.3 is 15.2 Å². The Bertz CT molecular complexity index is 519. The third kappa shape index (κ3) is 1.40. The van der Waals surface area contributed by atoms with Gasteiger partial charge in [-0.2, -0.15) is 5.10 Å². The summed E-state index contributed by atoms with van der Waals surface area (Å²) in [5.74, 6) is 1.39. The first-order valence-electron chi connectivity index (χ1n) is 4.99. The Kier molecular flexibility index (Phi) is 2.70. The van der Waals surface area contributed by atoms with Crippen molar-refractivity contribution in [3.05, 3.63) is 17.8 Å². The Labute approximate surface area is 93.7 Å². The number of rotatable bonds is 3. The van der Waals surface area contributed by atoms with Gasteiger partial charge in [0.15, 0.2) is 11.5 Å². The van der Waals surface area contributed by atoms with Gasteiger partial charge in [0.05, 0.1) is 19.9 Å². The van der Waals surface area contributed by atoms with Gasteiger partial charge in [0, 0.05) is 19.0 Å². The van der Waals surface area contributed by atoms with E-state index in [1.54, 1.807) is 18.9 Å². The number of hydrogen-bond acceptors (Lipinski definition) is 4. The first-order valence-corrected chi connectivity index (χ1v) is 4.99. The number of methoxy groups -OCH3 is 2. The van der Waals surface area contributed by atoms with Crippen molar-refractivity contribution in [2.24, 2.45) is 12.8 Å². The number of ether oxygens (including phenoxy) is 2. The van der Waals surface area contributed by atoms with Gasteiger partial charge in [0.2, 0.25) is 0 Å². The molecule has 1 heterocycles. The van der Waals surface area contributed by atoms with Crippen molar-refractivity contribution in [3.8, 4) is 11.5 Å². The van der Waals surface area contributed by atoms with Crippen LogP contribution < -0.4 is 15.2 Å². The average Bonchev–Trinajstić information content (AvgIpc) is 2.65. The molecule has 1 aromatic carbocycles. The molecule has 0 saturated heterocycles. The van der Waals surface area contributed by atoms with Crippen LogP contribution in [0, 0.1) is 0 Å². The Morgan fingerprint density at radius 2 is 2.06 bits per heavy atom. The second-order valence-electron chi connectivity index (χ2n) is 3.47. The number of fused-ring (bicyclic) bond motifs is 1. The van der Waals surface area contributed by atoms with E-state index in [0.29, 0.717) is 18.0 Å². The van der Waals surface area contributed by atoms with E-state index in [2.05, 4.69) is 5.10 Å². The molecule has 0 fully saturated rings. The average molecular weight is 221 g/mol. The minimum absolute atomic E-state index is 0.410. The molecule has 0 atom stereocenters. The smallest absolute Gasteiger partial charge is 0.186 e. The van der Waals surface area contributed by atoms with Crippen LogP contribution in [0.4, 0.5) is 0 Å². The van der Waals surface area contributed by atoms with Gasteiger partial charge in [0.25, 0.3) is 0 Å². The summed E-state index contributed by atoms with van der Waals surface area (Å²) >= 11 is 0. The van der Waals surface area contributed by atoms with Crippen LogP contribution >= 0.6 is 0 Å². The van der Waals surface area contributed by atoms with Crippen molar-refractivity contribution in [1.82, 2.24) is 9.78 Å². The number of aromatic nitrogens is 2. The van der Waals surface area contributed by atoms with Crippen LogP contribution in [0.3, 0.4) is 0 Å². The summed E-state index contributed by atoms with van der Waals surface area (Å²) in [6.45, 7) is 0.410. The summed E-state index contributed by atoms with van der Waals surface area (Å²) in [4.78, 5) is 0. The third-order valence-electron chi connectivity index (χ3n) is 2.62. The van der Waals surface area contributed by atoms with E-state index >= 15 is 0 Å². The maximum atomic E-state index is 5.64. The van der Waals surface area contributed by atoms with Crippen molar-refractivity contribution < 1.29 is 9.47 Å². The van der Waals surface area contributed by atoms with Crippen molar-refractivity contribution >= 4 is 10.9 Å². The summed E-state index contributed by atoms with van der Waals surface area (Å²) in [5.41, 5.74) is 7.41. The minimum Gasteiger partial charge on any atom is -0.493 e. The van der Waals surface area contributed by atoms with E-state index < -0.39 is 0 Å². The minimum atomic E-state index is 0.410. The second-order valence-corrected chi connectivity index (χ2v) is 3.47. The van der Waals surface area contributed by atoms with Gasteiger partial charge in [-0.3, -0.25) is 4.68 Å². The molecule has 0 radical (unpaired) electrons. The molecule has 0 spiro atoms. The predicted octanol–water partition coefficient (Wildman–Crippen LogP) is 1.05. The standard InChI is InChI=1S/C11H15N3O2/c1-14-10-7(8(6-12)13-14)4-5-9(15-2)11(10)16-3/h4-5H,6,12H2,1-3H3. The molecule has 16 heavy (non-hydrogen) atoms. The lowest BCUT2D eigenvalue weighted by Gasteiger charge is -2.09. The SMILES string of the molecule is COc1ccc2c(CN)nn(C)c2c1OC. The molecule has 5 heteroatoms. The molecule has 86 valence electrons. The summed E-state index contributed by atoms with van der Waals surface area (Å²) < 4.78 is 12.4. The molecule has 0 aliphatic carbocycles. The van der Waals surface area contributed by atoms with Crippen LogP contribution in [0.15, 0.2) is 12.1 Å². The van der Waals surface area contributed by atoms with Crippen LogP contribution in [-0.4, -0.2) is 24.0 Å². The molecule has 2 N–H and O–H groups in total. The Morgan fingerprint density at radius 3 is 2.62 bits per heavy atom. The highest BCUT2D eigenvalue weighted by molar-refractivity contribution is 5.89. The van der Waals surface area contributed by atoms with Gasteiger partial charge >= 0.3 is 0 Å². The molecule has 0 unspecified atom stereocenters. The van der Waals surface area contributed by atoms with Crippen LogP contribution in [-0.2, 0) is 13.6 Å². The fourth-order valence-electron chi connectivity index (χ4n) is 1.90. The normalized spacial score (nSPS) is 10.8. The van der Waals surface area contributed by atoms with Crippen LogP contribution in [0.2, 0.25) is 0 Å². The number of hydrogen-bond donors (Lipinski definition) is 1. The molecule has 5 nitrogen and oxygen atoms in total. The largest absolute Gasteiger partial charge is 0.493 e. The number of benzene rings is 1. The van der Waals surface area contributed by atoms with Gasteiger partial charge in [0.1, 0.15) is 5.52 Å². The zero-order valence-corrected chi connectivity index (χ0v) is 9.65. The molecule has 0 saturated carbocycles. The van der Waals surface area contributed by atoms with E-state index in [1.807, 2.05) is 19.2 Å². The monoisotopic (exact) mass is 221 g/mol. The van der Waals surface area contributed by atoms with E-state index in [1.165, 1.54) is 0 Å². The molecule has 0 aliphatic heterocycles. The fourth-order valence-corrected chi connectivity index (χ4v) is 1.90. The van der Waals surface area contributed by atoms with E-state index in [4.69, 9.17) is 15.2 Å². The lowest BCUT2D eigenvalue weighted by Crippen LogP contribution is -1.98. The van der Waals surface area contributed by atoms with Crippen molar-refractivity contribution in [2.75, 3.05) is 14.2 Å². The summed E-state index contributed by atoms with van der Waals surface area (Å²) in [6.07, 6.45) is 0. The summed E-state index contributed by atoms with van der Waals surface area (Å²) in [5, 5.41) is 5.35. The highest BCUT2D eigenvalue weighted by atomic mass is 16.5. The van der Waals surface area contributed by atoms with Crippen LogP contribution in [0.25, 0.3) is 10.9 Å². The topological polar surface area (TPSA) is 62.3 Å². The van der Waals surface area contributed by atoms with Crippen molar-refractivity contribution in [2.45, 2.75) is 6.54 Å². The zero-order valence-electron chi connectivity index (χ0n) is 9.65. The van der Waals surface area contributed by atoms with E-state index in [9.17, 15) is 0 Å². The number of nitrogens with two attached hydrogens (primary N) is 1. The third-order valence-corrected chi connectivity index (χ3v) is 2.62. The van der Waals surface area contributed by atoms with Crippen molar-refractivity contribution in [1.29, 1.82) is 0 Å². The van der Waals surface area contributed by atoms with E-state index in [0.717, 1.165) is 16.6 Å². The number of aryl methyl sites for hydroxylation is 1. The van der Waals surface area contributed by atoms with Gasteiger partial charge in [-0.05, 0) is 12.1 Å². The lowest BCUT2D eigenvalue weighted by atomic mass is 10.2. The first kappa shape index (κ1) is 10.8. The first-order chi connectivity index (χ1) is 7.72. The summed E-state index contributed by atoms with van der Waals surface area (Å²) in [6, 6.07) is 3.81. The molecule has 0 amide bonds. The Hall–Kier alpha value is -1.75. The van der Waals surface area contributed by atoms with Gasteiger partial charge in [-0.25, -0.2) is 0 Å². The van der Waals surface area contributed by atoms with Crippen LogP contribution in [0.1, 0.15) is 5.69 Å². The Balaban J connectivity index is 2.81. The van der Waals surface area contributed by atoms with Crippen LogP contribution in [0.5, 0.6) is 11.5 Å². The zero-order chi connectivity index (χ0) is 11.7. The maximum absolute atomic E-state index is 5.64. The molecular weight excluding hydrogens is 206 g/mol. The molecular formula is C11H15N3O2.